The molecule has 6 heteroatoms. The number of nitrogens with zero attached hydrogens (tertiary/aromatic N) is 1. The van der Waals surface area contributed by atoms with Gasteiger partial charge in [-0.25, -0.2) is 4.79 Å². The van der Waals surface area contributed by atoms with Gasteiger partial charge in [0.2, 0.25) is 0 Å². The number of benzene rings is 3. The Labute approximate surface area is 156 Å². The van der Waals surface area contributed by atoms with Gasteiger partial charge in [-0.2, -0.15) is 0 Å². The minimum absolute atomic E-state index is 0.0623. The van der Waals surface area contributed by atoms with Crippen LogP contribution in [0.15, 0.2) is 72.8 Å². The lowest BCUT2D eigenvalue weighted by Crippen LogP contribution is -2.08. The third-order valence-electron chi connectivity index (χ3n) is 3.84. The van der Waals surface area contributed by atoms with Crippen LogP contribution in [0.1, 0.15) is 21.5 Å². The molecule has 0 saturated heterocycles. The van der Waals surface area contributed by atoms with Crippen molar-refractivity contribution in [3.8, 4) is 11.5 Å². The van der Waals surface area contributed by atoms with Crippen LogP contribution >= 0.6 is 0 Å². The minimum atomic E-state index is -0.532. The number of esters is 1. The van der Waals surface area contributed by atoms with Gasteiger partial charge < -0.3 is 9.47 Å². The molecule has 0 spiro atoms. The lowest BCUT2D eigenvalue weighted by atomic mass is 10.1. The number of carbonyl (C=O) groups is 1. The van der Waals surface area contributed by atoms with Crippen LogP contribution in [0.2, 0.25) is 0 Å². The Bertz CT molecular complexity index is 949. The number of nitro groups is 1. The van der Waals surface area contributed by atoms with Crippen molar-refractivity contribution in [3.63, 3.8) is 0 Å². The van der Waals surface area contributed by atoms with Crippen LogP contribution in [-0.4, -0.2) is 10.9 Å². The Morgan fingerprint density at radius 3 is 2.30 bits per heavy atom. The first-order valence-corrected chi connectivity index (χ1v) is 8.26. The van der Waals surface area contributed by atoms with E-state index in [0.29, 0.717) is 12.2 Å². The highest BCUT2D eigenvalue weighted by Gasteiger charge is 2.10. The summed E-state index contributed by atoms with van der Waals surface area (Å²) in [6.07, 6.45) is 0. The fourth-order valence-electron chi connectivity index (χ4n) is 2.41. The zero-order valence-electron chi connectivity index (χ0n) is 14.6. The molecule has 0 heterocycles. The number of hydrogen-bond donors (Lipinski definition) is 0. The van der Waals surface area contributed by atoms with Gasteiger partial charge in [0.1, 0.15) is 18.1 Å². The SMILES string of the molecule is Cc1cccc(OCc2ccc(C(=O)Oc3ccc([N+](=O)[O-])cc3)cc2)c1. The summed E-state index contributed by atoms with van der Waals surface area (Å²) >= 11 is 0. The second-order valence-corrected chi connectivity index (χ2v) is 5.94. The van der Waals surface area contributed by atoms with Gasteiger partial charge in [0.25, 0.3) is 5.69 Å². The summed E-state index contributed by atoms with van der Waals surface area (Å²) < 4.78 is 11.0. The summed E-state index contributed by atoms with van der Waals surface area (Å²) in [5, 5.41) is 10.6. The molecule has 0 N–H and O–H groups in total. The third kappa shape index (κ3) is 4.92. The fourth-order valence-corrected chi connectivity index (χ4v) is 2.41. The summed E-state index contributed by atoms with van der Waals surface area (Å²) in [5.41, 5.74) is 2.36. The standard InChI is InChI=1S/C21H17NO5/c1-15-3-2-4-20(13-15)26-14-16-5-7-17(8-6-16)21(23)27-19-11-9-18(10-12-19)22(24)25/h2-13H,14H2,1H3. The zero-order chi connectivity index (χ0) is 19.2. The first-order valence-electron chi connectivity index (χ1n) is 8.26. The molecule has 3 aromatic carbocycles. The van der Waals surface area contributed by atoms with Crippen molar-refractivity contribution < 1.29 is 19.2 Å². The number of nitro benzene ring substituents is 1. The molecule has 0 aliphatic carbocycles. The van der Waals surface area contributed by atoms with E-state index < -0.39 is 10.9 Å². The Morgan fingerprint density at radius 1 is 0.963 bits per heavy atom. The molecule has 0 bridgehead atoms. The molecule has 0 aliphatic rings. The van der Waals surface area contributed by atoms with Crippen molar-refractivity contribution in [1.29, 1.82) is 0 Å². The summed E-state index contributed by atoms with van der Waals surface area (Å²) in [6.45, 7) is 2.39. The molecule has 27 heavy (non-hydrogen) atoms. The molecular formula is C21H17NO5. The van der Waals surface area contributed by atoms with Crippen molar-refractivity contribution >= 4 is 11.7 Å². The number of rotatable bonds is 6. The molecule has 136 valence electrons. The van der Waals surface area contributed by atoms with Gasteiger partial charge in [0, 0.05) is 12.1 Å². The number of aryl methyl sites for hydroxylation is 1. The molecule has 0 aliphatic heterocycles. The smallest absolute Gasteiger partial charge is 0.343 e. The van der Waals surface area contributed by atoms with Crippen molar-refractivity contribution in [3.05, 3.63) is 99.6 Å². The van der Waals surface area contributed by atoms with Crippen LogP contribution in [0.25, 0.3) is 0 Å². The molecule has 3 aromatic rings. The highest BCUT2D eigenvalue weighted by molar-refractivity contribution is 5.91. The van der Waals surface area contributed by atoms with Crippen molar-refractivity contribution in [1.82, 2.24) is 0 Å². The number of carbonyl (C=O) groups excluding carboxylic acids is 1. The minimum Gasteiger partial charge on any atom is -0.489 e. The Balaban J connectivity index is 1.59. The van der Waals surface area contributed by atoms with E-state index in [1.165, 1.54) is 24.3 Å². The van der Waals surface area contributed by atoms with Gasteiger partial charge in [-0.1, -0.05) is 24.3 Å². The zero-order valence-corrected chi connectivity index (χ0v) is 14.6. The van der Waals surface area contributed by atoms with Crippen LogP contribution in [0.3, 0.4) is 0 Å². The Hall–Kier alpha value is -3.67. The van der Waals surface area contributed by atoms with E-state index in [1.54, 1.807) is 24.3 Å². The number of ether oxygens (including phenoxy) is 2. The lowest BCUT2D eigenvalue weighted by Gasteiger charge is -2.08. The average Bonchev–Trinajstić information content (AvgIpc) is 2.67. The number of hydrogen-bond acceptors (Lipinski definition) is 5. The molecule has 0 saturated carbocycles. The normalized spacial score (nSPS) is 10.3. The molecule has 0 aromatic heterocycles. The van der Waals surface area contributed by atoms with Gasteiger partial charge >= 0.3 is 5.97 Å². The highest BCUT2D eigenvalue weighted by atomic mass is 16.6. The second-order valence-electron chi connectivity index (χ2n) is 5.94. The Morgan fingerprint density at radius 2 is 1.67 bits per heavy atom. The summed E-state index contributed by atoms with van der Waals surface area (Å²) in [4.78, 5) is 22.3. The first-order chi connectivity index (χ1) is 13.0. The maximum Gasteiger partial charge on any atom is 0.343 e. The second kappa shape index (κ2) is 8.14. The topological polar surface area (TPSA) is 78.7 Å². The van der Waals surface area contributed by atoms with Crippen LogP contribution in [0.4, 0.5) is 5.69 Å². The largest absolute Gasteiger partial charge is 0.489 e. The highest BCUT2D eigenvalue weighted by Crippen LogP contribution is 2.19. The van der Waals surface area contributed by atoms with Gasteiger partial charge in [0.15, 0.2) is 0 Å². The molecule has 3 rings (SSSR count). The van der Waals surface area contributed by atoms with Gasteiger partial charge in [-0.15, -0.1) is 0 Å². The van der Waals surface area contributed by atoms with Gasteiger partial charge in [-0.3, -0.25) is 10.1 Å². The summed E-state index contributed by atoms with van der Waals surface area (Å²) in [6, 6.07) is 20.0. The molecule has 0 unspecified atom stereocenters. The lowest BCUT2D eigenvalue weighted by molar-refractivity contribution is -0.384. The predicted octanol–water partition coefficient (Wildman–Crippen LogP) is 4.70. The van der Waals surface area contributed by atoms with E-state index in [2.05, 4.69) is 0 Å². The van der Waals surface area contributed by atoms with Crippen molar-refractivity contribution in [2.75, 3.05) is 0 Å². The van der Waals surface area contributed by atoms with E-state index in [0.717, 1.165) is 16.9 Å². The molecule has 0 atom stereocenters. The fraction of sp³-hybridized carbons (Fsp3) is 0.0952. The van der Waals surface area contributed by atoms with Crippen molar-refractivity contribution in [2.24, 2.45) is 0 Å². The molecular weight excluding hydrogens is 346 g/mol. The van der Waals surface area contributed by atoms with Crippen LogP contribution < -0.4 is 9.47 Å². The first kappa shape index (κ1) is 18.1. The van der Waals surface area contributed by atoms with Crippen LogP contribution in [-0.2, 0) is 6.61 Å². The molecule has 0 radical (unpaired) electrons. The summed E-state index contributed by atoms with van der Waals surface area (Å²) in [5.74, 6) is 0.504. The van der Waals surface area contributed by atoms with Gasteiger partial charge in [-0.05, 0) is 54.4 Å². The van der Waals surface area contributed by atoms with E-state index in [1.807, 2.05) is 31.2 Å². The maximum absolute atomic E-state index is 12.2. The van der Waals surface area contributed by atoms with Crippen LogP contribution in [0, 0.1) is 17.0 Å². The third-order valence-corrected chi connectivity index (χ3v) is 3.84. The van der Waals surface area contributed by atoms with Crippen molar-refractivity contribution in [2.45, 2.75) is 13.5 Å². The molecule has 0 fully saturated rings. The predicted molar refractivity (Wildman–Crippen MR) is 100 cm³/mol. The molecule has 0 amide bonds. The van der Waals surface area contributed by atoms with E-state index >= 15 is 0 Å². The Kier molecular flexibility index (Phi) is 5.47. The monoisotopic (exact) mass is 363 g/mol. The van der Waals surface area contributed by atoms with E-state index in [4.69, 9.17) is 9.47 Å². The summed E-state index contributed by atoms with van der Waals surface area (Å²) in [7, 11) is 0. The molecule has 6 nitrogen and oxygen atoms in total. The average molecular weight is 363 g/mol. The van der Waals surface area contributed by atoms with Crippen LogP contribution in [0.5, 0.6) is 11.5 Å². The van der Waals surface area contributed by atoms with Gasteiger partial charge in [0.05, 0.1) is 10.5 Å². The number of non-ortho nitro benzene ring substituents is 1. The van der Waals surface area contributed by atoms with E-state index in [9.17, 15) is 14.9 Å². The quantitative estimate of drug-likeness (QED) is 0.274. The van der Waals surface area contributed by atoms with E-state index in [-0.39, 0.29) is 11.4 Å². The maximum atomic E-state index is 12.2.